The van der Waals surface area contributed by atoms with Gasteiger partial charge in [0.2, 0.25) is 5.91 Å². The van der Waals surface area contributed by atoms with Crippen molar-refractivity contribution in [1.29, 1.82) is 0 Å². The molecule has 0 aliphatic heterocycles. The van der Waals surface area contributed by atoms with E-state index in [2.05, 4.69) is 24.1 Å². The lowest BCUT2D eigenvalue weighted by molar-refractivity contribution is -0.122. The van der Waals surface area contributed by atoms with Gasteiger partial charge in [0, 0.05) is 11.8 Å². The monoisotopic (exact) mass is 269 g/mol. The van der Waals surface area contributed by atoms with Crippen LogP contribution in [0.1, 0.15) is 37.4 Å². The Morgan fingerprint density at radius 3 is 2.78 bits per heavy atom. The van der Waals surface area contributed by atoms with Crippen LogP contribution in [0, 0.1) is 18.8 Å². The van der Waals surface area contributed by atoms with E-state index in [9.17, 15) is 4.79 Å². The van der Waals surface area contributed by atoms with E-state index < -0.39 is 0 Å². The maximum absolute atomic E-state index is 11.8. The highest BCUT2D eigenvalue weighted by Gasteiger charge is 2.14. The third kappa shape index (κ3) is 5.60. The minimum absolute atomic E-state index is 0.0664. The summed E-state index contributed by atoms with van der Waals surface area (Å²) in [6, 6.07) is 0. The highest BCUT2D eigenvalue weighted by molar-refractivity contribution is 7.09. The van der Waals surface area contributed by atoms with E-state index in [1.165, 1.54) is 0 Å². The summed E-state index contributed by atoms with van der Waals surface area (Å²) in [7, 11) is 0. The second-order valence-corrected chi connectivity index (χ2v) is 6.13. The molecule has 0 aromatic carbocycles. The number of nitrogens with zero attached hydrogens (tertiary/aromatic N) is 1. The van der Waals surface area contributed by atoms with E-state index in [4.69, 9.17) is 5.73 Å². The SMILES string of the molecule is Cc1nc(CNC(=O)C[C@@H](CN)CC(C)C)cs1. The van der Waals surface area contributed by atoms with Gasteiger partial charge >= 0.3 is 0 Å². The van der Waals surface area contributed by atoms with Crippen LogP contribution in [0.2, 0.25) is 0 Å². The number of rotatable bonds is 7. The second kappa shape index (κ2) is 7.48. The molecule has 0 unspecified atom stereocenters. The molecule has 0 fully saturated rings. The summed E-state index contributed by atoms with van der Waals surface area (Å²) in [5.41, 5.74) is 6.62. The number of nitrogens with one attached hydrogen (secondary N) is 1. The zero-order chi connectivity index (χ0) is 13.5. The highest BCUT2D eigenvalue weighted by Crippen LogP contribution is 2.14. The van der Waals surface area contributed by atoms with Gasteiger partial charge in [-0.25, -0.2) is 4.98 Å². The summed E-state index contributed by atoms with van der Waals surface area (Å²) in [4.78, 5) is 16.1. The standard InChI is InChI=1S/C13H23N3OS/c1-9(2)4-11(6-14)5-13(17)15-7-12-8-18-10(3)16-12/h8-9,11H,4-7,14H2,1-3H3,(H,15,17)/t11-/m0/s1. The number of amides is 1. The summed E-state index contributed by atoms with van der Waals surface area (Å²) < 4.78 is 0. The van der Waals surface area contributed by atoms with Gasteiger partial charge in [-0.15, -0.1) is 11.3 Å². The lowest BCUT2D eigenvalue weighted by Gasteiger charge is -2.16. The normalized spacial score (nSPS) is 12.7. The molecule has 1 atom stereocenters. The second-order valence-electron chi connectivity index (χ2n) is 5.07. The van der Waals surface area contributed by atoms with Crippen molar-refractivity contribution in [2.75, 3.05) is 6.54 Å². The van der Waals surface area contributed by atoms with Crippen molar-refractivity contribution < 1.29 is 4.79 Å². The average molecular weight is 269 g/mol. The fourth-order valence-corrected chi connectivity index (χ4v) is 2.56. The number of aromatic nitrogens is 1. The third-order valence-corrected chi connectivity index (χ3v) is 3.57. The summed E-state index contributed by atoms with van der Waals surface area (Å²) in [5, 5.41) is 5.90. The van der Waals surface area contributed by atoms with Crippen molar-refractivity contribution in [2.45, 2.75) is 40.2 Å². The molecule has 5 heteroatoms. The van der Waals surface area contributed by atoms with Gasteiger partial charge in [0.1, 0.15) is 0 Å². The highest BCUT2D eigenvalue weighted by atomic mass is 32.1. The number of aryl methyl sites for hydroxylation is 1. The van der Waals surface area contributed by atoms with Gasteiger partial charge in [-0.1, -0.05) is 13.8 Å². The third-order valence-electron chi connectivity index (χ3n) is 2.75. The Morgan fingerprint density at radius 1 is 1.56 bits per heavy atom. The maximum Gasteiger partial charge on any atom is 0.220 e. The van der Waals surface area contributed by atoms with Gasteiger partial charge in [-0.2, -0.15) is 0 Å². The molecule has 1 aromatic rings. The van der Waals surface area contributed by atoms with Crippen LogP contribution >= 0.6 is 11.3 Å². The van der Waals surface area contributed by atoms with Gasteiger partial charge in [0.05, 0.1) is 17.2 Å². The van der Waals surface area contributed by atoms with Crippen LogP contribution in [-0.2, 0) is 11.3 Å². The maximum atomic E-state index is 11.8. The van der Waals surface area contributed by atoms with E-state index in [0.29, 0.717) is 25.4 Å². The minimum atomic E-state index is 0.0664. The first-order valence-electron chi connectivity index (χ1n) is 6.39. The molecule has 102 valence electrons. The van der Waals surface area contributed by atoms with Crippen LogP contribution in [0.25, 0.3) is 0 Å². The summed E-state index contributed by atoms with van der Waals surface area (Å²) >= 11 is 1.60. The predicted molar refractivity (Wildman–Crippen MR) is 75.3 cm³/mol. The van der Waals surface area contributed by atoms with E-state index in [0.717, 1.165) is 17.1 Å². The molecule has 0 saturated carbocycles. The fraction of sp³-hybridized carbons (Fsp3) is 0.692. The zero-order valence-corrected chi connectivity index (χ0v) is 12.2. The van der Waals surface area contributed by atoms with Crippen molar-refractivity contribution in [1.82, 2.24) is 10.3 Å². The Kier molecular flexibility index (Phi) is 6.29. The minimum Gasteiger partial charge on any atom is -0.350 e. The molecule has 0 bridgehead atoms. The van der Waals surface area contributed by atoms with Crippen molar-refractivity contribution in [3.63, 3.8) is 0 Å². The Hall–Kier alpha value is -0.940. The number of hydrogen-bond donors (Lipinski definition) is 2. The first-order chi connectivity index (χ1) is 8.51. The molecule has 1 heterocycles. The first-order valence-corrected chi connectivity index (χ1v) is 7.27. The molecule has 0 aliphatic carbocycles. The molecule has 3 N–H and O–H groups in total. The van der Waals surface area contributed by atoms with Gasteiger partial charge < -0.3 is 11.1 Å². The summed E-state index contributed by atoms with van der Waals surface area (Å²) in [6.07, 6.45) is 1.51. The Bertz CT molecular complexity index is 376. The van der Waals surface area contributed by atoms with Gasteiger partial charge in [-0.05, 0) is 31.7 Å². The van der Waals surface area contributed by atoms with E-state index in [-0.39, 0.29) is 11.8 Å². The smallest absolute Gasteiger partial charge is 0.220 e. The van der Waals surface area contributed by atoms with E-state index in [1.54, 1.807) is 11.3 Å². The molecule has 0 saturated heterocycles. The molecular weight excluding hydrogens is 246 g/mol. The largest absolute Gasteiger partial charge is 0.350 e. The molecule has 0 radical (unpaired) electrons. The molecule has 1 amide bonds. The van der Waals surface area contributed by atoms with Gasteiger partial charge in [0.15, 0.2) is 0 Å². The zero-order valence-electron chi connectivity index (χ0n) is 11.4. The lowest BCUT2D eigenvalue weighted by Crippen LogP contribution is -2.28. The molecule has 18 heavy (non-hydrogen) atoms. The summed E-state index contributed by atoms with van der Waals surface area (Å²) in [5.74, 6) is 0.923. The van der Waals surface area contributed by atoms with E-state index >= 15 is 0 Å². The summed E-state index contributed by atoms with van der Waals surface area (Å²) in [6.45, 7) is 7.35. The Labute approximate surface area is 113 Å². The van der Waals surface area contributed by atoms with E-state index in [1.807, 2.05) is 12.3 Å². The van der Waals surface area contributed by atoms with Crippen molar-refractivity contribution >= 4 is 17.2 Å². The van der Waals surface area contributed by atoms with Crippen molar-refractivity contribution in [2.24, 2.45) is 17.6 Å². The molecule has 4 nitrogen and oxygen atoms in total. The van der Waals surface area contributed by atoms with Crippen LogP contribution in [0.5, 0.6) is 0 Å². The fourth-order valence-electron chi connectivity index (χ4n) is 1.94. The first kappa shape index (κ1) is 15.1. The van der Waals surface area contributed by atoms with Crippen molar-refractivity contribution in [3.05, 3.63) is 16.1 Å². The average Bonchev–Trinajstić information content (AvgIpc) is 2.71. The predicted octanol–water partition coefficient (Wildman–Crippen LogP) is 2.08. The Balaban J connectivity index is 2.32. The number of hydrogen-bond acceptors (Lipinski definition) is 4. The van der Waals surface area contributed by atoms with Gasteiger partial charge in [0.25, 0.3) is 0 Å². The number of carbonyl (C=O) groups is 1. The molecule has 0 aliphatic rings. The van der Waals surface area contributed by atoms with Crippen LogP contribution in [0.4, 0.5) is 0 Å². The number of nitrogens with two attached hydrogens (primary N) is 1. The number of carbonyl (C=O) groups excluding carboxylic acids is 1. The quantitative estimate of drug-likeness (QED) is 0.796. The van der Waals surface area contributed by atoms with Crippen LogP contribution in [0.15, 0.2) is 5.38 Å². The van der Waals surface area contributed by atoms with Crippen LogP contribution in [0.3, 0.4) is 0 Å². The molecule has 1 rings (SSSR count). The molecular formula is C13H23N3OS. The topological polar surface area (TPSA) is 68.0 Å². The van der Waals surface area contributed by atoms with Crippen molar-refractivity contribution in [3.8, 4) is 0 Å². The van der Waals surface area contributed by atoms with Crippen LogP contribution < -0.4 is 11.1 Å². The number of thiazole rings is 1. The molecule has 1 aromatic heterocycles. The molecule has 0 spiro atoms. The lowest BCUT2D eigenvalue weighted by atomic mass is 9.94. The van der Waals surface area contributed by atoms with Gasteiger partial charge in [-0.3, -0.25) is 4.79 Å². The Morgan fingerprint density at radius 2 is 2.28 bits per heavy atom. The van der Waals surface area contributed by atoms with Crippen LogP contribution in [-0.4, -0.2) is 17.4 Å².